The SMILES string of the molecule is CC(C)C1CCCN1c1ccc(F)cc1[C@H](C)O. The normalized spacial score (nSPS) is 21.7. The molecular formula is C15H22FNO. The lowest BCUT2D eigenvalue weighted by Gasteiger charge is -2.32. The Labute approximate surface area is 108 Å². The van der Waals surface area contributed by atoms with Gasteiger partial charge < -0.3 is 10.0 Å². The van der Waals surface area contributed by atoms with E-state index < -0.39 is 6.10 Å². The molecule has 0 aliphatic carbocycles. The number of aliphatic hydroxyl groups is 1. The van der Waals surface area contributed by atoms with Gasteiger partial charge in [-0.3, -0.25) is 0 Å². The average molecular weight is 251 g/mol. The summed E-state index contributed by atoms with van der Waals surface area (Å²) in [5.41, 5.74) is 1.69. The van der Waals surface area contributed by atoms with Crippen LogP contribution in [-0.2, 0) is 0 Å². The summed E-state index contributed by atoms with van der Waals surface area (Å²) in [5.74, 6) is 0.286. The van der Waals surface area contributed by atoms with Gasteiger partial charge in [-0.1, -0.05) is 13.8 Å². The quantitative estimate of drug-likeness (QED) is 0.888. The number of aliphatic hydroxyl groups excluding tert-OH is 1. The highest BCUT2D eigenvalue weighted by atomic mass is 19.1. The first-order valence-corrected chi connectivity index (χ1v) is 6.75. The maximum absolute atomic E-state index is 13.3. The van der Waals surface area contributed by atoms with Gasteiger partial charge in [-0.15, -0.1) is 0 Å². The minimum Gasteiger partial charge on any atom is -0.389 e. The number of halogens is 1. The molecular weight excluding hydrogens is 229 g/mol. The third-order valence-corrected chi connectivity index (χ3v) is 3.82. The average Bonchev–Trinajstić information content (AvgIpc) is 2.77. The Morgan fingerprint density at radius 1 is 1.33 bits per heavy atom. The van der Waals surface area contributed by atoms with E-state index in [1.165, 1.54) is 25.0 Å². The van der Waals surface area contributed by atoms with Gasteiger partial charge in [-0.05, 0) is 43.9 Å². The van der Waals surface area contributed by atoms with Gasteiger partial charge in [0.25, 0.3) is 0 Å². The van der Waals surface area contributed by atoms with E-state index in [1.807, 2.05) is 0 Å². The predicted molar refractivity (Wildman–Crippen MR) is 72.2 cm³/mol. The Morgan fingerprint density at radius 3 is 2.67 bits per heavy atom. The topological polar surface area (TPSA) is 23.5 Å². The number of benzene rings is 1. The summed E-state index contributed by atoms with van der Waals surface area (Å²) in [7, 11) is 0. The van der Waals surface area contributed by atoms with Gasteiger partial charge in [0.1, 0.15) is 5.82 Å². The molecule has 2 nitrogen and oxygen atoms in total. The fraction of sp³-hybridized carbons (Fsp3) is 0.600. The number of hydrogen-bond acceptors (Lipinski definition) is 2. The minimum absolute atomic E-state index is 0.282. The standard InChI is InChI=1S/C15H22FNO/c1-10(2)14-5-4-8-17(14)15-7-6-12(16)9-13(15)11(3)18/h6-7,9-11,14,18H,4-5,8H2,1-3H3/t11-,14?/m0/s1. The fourth-order valence-corrected chi connectivity index (χ4v) is 2.91. The van der Waals surface area contributed by atoms with Crippen molar-refractivity contribution >= 4 is 5.69 Å². The van der Waals surface area contributed by atoms with Crippen LogP contribution in [0.2, 0.25) is 0 Å². The van der Waals surface area contributed by atoms with Crippen molar-refractivity contribution in [3.05, 3.63) is 29.6 Å². The molecule has 0 bridgehead atoms. The zero-order chi connectivity index (χ0) is 13.3. The van der Waals surface area contributed by atoms with E-state index in [2.05, 4.69) is 18.7 Å². The van der Waals surface area contributed by atoms with Crippen LogP contribution < -0.4 is 4.90 Å². The summed E-state index contributed by atoms with van der Waals surface area (Å²) < 4.78 is 13.3. The highest BCUT2D eigenvalue weighted by Crippen LogP contribution is 2.34. The molecule has 0 aromatic heterocycles. The lowest BCUT2D eigenvalue weighted by Crippen LogP contribution is -2.34. The van der Waals surface area contributed by atoms with Crippen molar-refractivity contribution < 1.29 is 9.50 Å². The predicted octanol–water partition coefficient (Wildman–Crippen LogP) is 3.50. The monoisotopic (exact) mass is 251 g/mol. The van der Waals surface area contributed by atoms with Crippen molar-refractivity contribution in [2.45, 2.75) is 45.8 Å². The van der Waals surface area contributed by atoms with Crippen LogP contribution in [0.25, 0.3) is 0 Å². The van der Waals surface area contributed by atoms with Crippen LogP contribution in [0.5, 0.6) is 0 Å². The molecule has 1 aliphatic heterocycles. The van der Waals surface area contributed by atoms with Crippen LogP contribution in [0, 0.1) is 11.7 Å². The van der Waals surface area contributed by atoms with Crippen LogP contribution in [0.1, 0.15) is 45.3 Å². The summed E-state index contributed by atoms with van der Waals surface area (Å²) >= 11 is 0. The Morgan fingerprint density at radius 2 is 2.06 bits per heavy atom. The van der Waals surface area contributed by atoms with Gasteiger partial charge in [0.15, 0.2) is 0 Å². The van der Waals surface area contributed by atoms with E-state index in [0.717, 1.165) is 12.2 Å². The molecule has 0 saturated carbocycles. The summed E-state index contributed by atoms with van der Waals surface area (Å²) in [5, 5.41) is 9.82. The van der Waals surface area contributed by atoms with Crippen molar-refractivity contribution in [2.75, 3.05) is 11.4 Å². The molecule has 0 spiro atoms. The molecule has 0 amide bonds. The molecule has 1 aromatic carbocycles. The Hall–Kier alpha value is -1.09. The first kappa shape index (κ1) is 13.3. The van der Waals surface area contributed by atoms with Gasteiger partial charge in [-0.25, -0.2) is 4.39 Å². The molecule has 0 radical (unpaired) electrons. The third kappa shape index (κ3) is 2.51. The van der Waals surface area contributed by atoms with Crippen LogP contribution in [-0.4, -0.2) is 17.7 Å². The van der Waals surface area contributed by atoms with Crippen molar-refractivity contribution in [1.29, 1.82) is 0 Å². The van der Waals surface area contributed by atoms with Crippen molar-refractivity contribution in [3.63, 3.8) is 0 Å². The minimum atomic E-state index is -0.635. The van der Waals surface area contributed by atoms with Gasteiger partial charge in [0.2, 0.25) is 0 Å². The Balaban J connectivity index is 2.38. The Bertz CT molecular complexity index is 417. The fourth-order valence-electron chi connectivity index (χ4n) is 2.91. The number of rotatable bonds is 3. The van der Waals surface area contributed by atoms with Crippen molar-refractivity contribution in [2.24, 2.45) is 5.92 Å². The molecule has 1 aliphatic rings. The number of hydrogen-bond donors (Lipinski definition) is 1. The second-order valence-electron chi connectivity index (χ2n) is 5.53. The zero-order valence-electron chi connectivity index (χ0n) is 11.4. The molecule has 2 rings (SSSR count). The highest BCUT2D eigenvalue weighted by molar-refractivity contribution is 5.56. The second-order valence-corrected chi connectivity index (χ2v) is 5.53. The molecule has 18 heavy (non-hydrogen) atoms. The number of nitrogens with zero attached hydrogens (tertiary/aromatic N) is 1. The largest absolute Gasteiger partial charge is 0.389 e. The molecule has 1 heterocycles. The molecule has 1 N–H and O–H groups in total. The maximum Gasteiger partial charge on any atom is 0.123 e. The van der Waals surface area contributed by atoms with Gasteiger partial charge in [0, 0.05) is 23.8 Å². The van der Waals surface area contributed by atoms with Crippen molar-refractivity contribution in [1.82, 2.24) is 0 Å². The van der Waals surface area contributed by atoms with Crippen LogP contribution in [0.3, 0.4) is 0 Å². The van der Waals surface area contributed by atoms with E-state index in [9.17, 15) is 9.50 Å². The maximum atomic E-state index is 13.3. The molecule has 1 saturated heterocycles. The summed E-state index contributed by atoms with van der Waals surface area (Å²) in [4.78, 5) is 2.33. The molecule has 100 valence electrons. The Kier molecular flexibility index (Phi) is 3.91. The molecule has 1 fully saturated rings. The zero-order valence-corrected chi connectivity index (χ0v) is 11.4. The first-order chi connectivity index (χ1) is 8.50. The molecule has 3 heteroatoms. The van der Waals surface area contributed by atoms with E-state index in [4.69, 9.17) is 0 Å². The lowest BCUT2D eigenvalue weighted by atomic mass is 10.00. The summed E-state index contributed by atoms with van der Waals surface area (Å²) in [6, 6.07) is 5.23. The summed E-state index contributed by atoms with van der Waals surface area (Å²) in [6.45, 7) is 7.12. The van der Waals surface area contributed by atoms with E-state index >= 15 is 0 Å². The second kappa shape index (κ2) is 5.27. The van der Waals surface area contributed by atoms with E-state index in [1.54, 1.807) is 13.0 Å². The molecule has 1 aromatic rings. The van der Waals surface area contributed by atoms with E-state index in [0.29, 0.717) is 17.5 Å². The molecule has 2 atom stereocenters. The van der Waals surface area contributed by atoms with E-state index in [-0.39, 0.29) is 5.82 Å². The van der Waals surface area contributed by atoms with Crippen LogP contribution >= 0.6 is 0 Å². The third-order valence-electron chi connectivity index (χ3n) is 3.82. The van der Waals surface area contributed by atoms with Crippen molar-refractivity contribution in [3.8, 4) is 0 Å². The lowest BCUT2D eigenvalue weighted by molar-refractivity contribution is 0.199. The van der Waals surface area contributed by atoms with Gasteiger partial charge in [0.05, 0.1) is 6.10 Å². The smallest absolute Gasteiger partial charge is 0.123 e. The highest BCUT2D eigenvalue weighted by Gasteiger charge is 2.29. The van der Waals surface area contributed by atoms with Gasteiger partial charge in [-0.2, -0.15) is 0 Å². The molecule has 1 unspecified atom stereocenters. The van der Waals surface area contributed by atoms with Gasteiger partial charge >= 0.3 is 0 Å². The summed E-state index contributed by atoms with van der Waals surface area (Å²) in [6.07, 6.45) is 1.71. The van der Waals surface area contributed by atoms with Crippen LogP contribution in [0.15, 0.2) is 18.2 Å². The number of anilines is 1. The first-order valence-electron chi connectivity index (χ1n) is 6.75. The van der Waals surface area contributed by atoms with Crippen LogP contribution in [0.4, 0.5) is 10.1 Å².